The summed E-state index contributed by atoms with van der Waals surface area (Å²) in [6.45, 7) is 1.32. The number of ether oxygens (including phenoxy) is 1. The van der Waals surface area contributed by atoms with E-state index in [9.17, 15) is 19.1 Å². The van der Waals surface area contributed by atoms with Crippen molar-refractivity contribution in [1.29, 1.82) is 0 Å². The van der Waals surface area contributed by atoms with Gasteiger partial charge in [-0.25, -0.2) is 9.18 Å². The molecule has 0 aliphatic heterocycles. The number of hydrogen-bond donors (Lipinski definition) is 1. The first-order valence-electron chi connectivity index (χ1n) is 6.27. The minimum absolute atomic E-state index is 0.113. The Bertz CT molecular complexity index is 544. The molecule has 0 heterocycles. The summed E-state index contributed by atoms with van der Waals surface area (Å²) in [7, 11) is 1.34. The van der Waals surface area contributed by atoms with E-state index in [2.05, 4.69) is 0 Å². The first kappa shape index (κ1) is 14.3. The predicted molar refractivity (Wildman–Crippen MR) is 68.9 cm³/mol. The van der Waals surface area contributed by atoms with Crippen molar-refractivity contribution in [2.45, 2.75) is 31.3 Å². The summed E-state index contributed by atoms with van der Waals surface area (Å²) in [5.41, 5.74) is -1.92. The van der Waals surface area contributed by atoms with E-state index in [0.29, 0.717) is 6.41 Å². The van der Waals surface area contributed by atoms with E-state index >= 15 is 0 Å². The standard InChI is InChI=1S/C14H16FNO4/c1-14(13(18)19,16(8-17)9-6-7-9)12-10(15)4-3-5-11(12)20-2/h3-5,8-9H,6-7H2,1-2H3,(H,18,19). The smallest absolute Gasteiger partial charge is 0.334 e. The van der Waals surface area contributed by atoms with E-state index in [1.54, 1.807) is 0 Å². The summed E-state index contributed by atoms with van der Waals surface area (Å²) in [5.74, 6) is -1.89. The van der Waals surface area contributed by atoms with Crippen molar-refractivity contribution in [2.24, 2.45) is 0 Å². The fourth-order valence-corrected chi connectivity index (χ4v) is 2.40. The lowest BCUT2D eigenvalue weighted by Gasteiger charge is -2.36. The highest BCUT2D eigenvalue weighted by Crippen LogP contribution is 2.42. The van der Waals surface area contributed by atoms with Crippen LogP contribution in [-0.2, 0) is 15.1 Å². The zero-order chi connectivity index (χ0) is 14.9. The average molecular weight is 281 g/mol. The van der Waals surface area contributed by atoms with Gasteiger partial charge in [-0.15, -0.1) is 0 Å². The largest absolute Gasteiger partial charge is 0.496 e. The van der Waals surface area contributed by atoms with Gasteiger partial charge in [0.25, 0.3) is 0 Å². The number of hydrogen-bond acceptors (Lipinski definition) is 3. The first-order valence-corrected chi connectivity index (χ1v) is 6.27. The Morgan fingerprint density at radius 1 is 1.55 bits per heavy atom. The molecule has 0 radical (unpaired) electrons. The van der Waals surface area contributed by atoms with Gasteiger partial charge in [0, 0.05) is 6.04 Å². The number of carbonyl (C=O) groups is 2. The molecular formula is C14H16FNO4. The number of aliphatic carboxylic acids is 1. The van der Waals surface area contributed by atoms with Gasteiger partial charge in [-0.1, -0.05) is 6.07 Å². The van der Waals surface area contributed by atoms with Crippen molar-refractivity contribution >= 4 is 12.4 Å². The molecule has 1 unspecified atom stereocenters. The van der Waals surface area contributed by atoms with Crippen LogP contribution in [0, 0.1) is 5.82 Å². The Morgan fingerprint density at radius 3 is 2.65 bits per heavy atom. The molecule has 0 bridgehead atoms. The van der Waals surface area contributed by atoms with Crippen molar-refractivity contribution in [3.8, 4) is 5.75 Å². The third-order valence-corrected chi connectivity index (χ3v) is 3.67. The molecule has 108 valence electrons. The molecular weight excluding hydrogens is 265 g/mol. The highest BCUT2D eigenvalue weighted by Gasteiger charge is 2.50. The number of nitrogens with zero attached hydrogens (tertiary/aromatic N) is 1. The molecule has 1 aliphatic rings. The monoisotopic (exact) mass is 281 g/mol. The SMILES string of the molecule is COc1cccc(F)c1C(C)(C(=O)O)N(C=O)C1CC1. The van der Waals surface area contributed by atoms with Gasteiger partial charge in [0.05, 0.1) is 12.7 Å². The molecule has 1 atom stereocenters. The van der Waals surface area contributed by atoms with Gasteiger partial charge in [-0.2, -0.15) is 0 Å². The highest BCUT2D eigenvalue weighted by molar-refractivity contribution is 5.84. The van der Waals surface area contributed by atoms with Crippen molar-refractivity contribution in [2.75, 3.05) is 7.11 Å². The van der Waals surface area contributed by atoms with Gasteiger partial charge in [0.1, 0.15) is 11.6 Å². The zero-order valence-corrected chi connectivity index (χ0v) is 11.3. The molecule has 1 fully saturated rings. The van der Waals surface area contributed by atoms with Crippen LogP contribution in [0.3, 0.4) is 0 Å². The lowest BCUT2D eigenvalue weighted by molar-refractivity contribution is -0.155. The Morgan fingerprint density at radius 2 is 2.20 bits per heavy atom. The van der Waals surface area contributed by atoms with Crippen LogP contribution in [0.5, 0.6) is 5.75 Å². The molecule has 20 heavy (non-hydrogen) atoms. The third kappa shape index (κ3) is 2.11. The van der Waals surface area contributed by atoms with Crippen LogP contribution in [0.15, 0.2) is 18.2 Å². The van der Waals surface area contributed by atoms with Gasteiger partial charge in [-0.05, 0) is 31.9 Å². The Hall–Kier alpha value is -2.11. The minimum atomic E-state index is -1.79. The Balaban J connectivity index is 2.64. The molecule has 1 aromatic rings. The number of methoxy groups -OCH3 is 1. The van der Waals surface area contributed by atoms with Crippen molar-refractivity contribution in [1.82, 2.24) is 4.90 Å². The van der Waals surface area contributed by atoms with Crippen LogP contribution in [0.4, 0.5) is 4.39 Å². The Labute approximate surface area is 116 Å². The average Bonchev–Trinajstić information content (AvgIpc) is 3.23. The van der Waals surface area contributed by atoms with Gasteiger partial charge in [0.15, 0.2) is 5.54 Å². The maximum absolute atomic E-state index is 14.2. The summed E-state index contributed by atoms with van der Waals surface area (Å²) in [6.07, 6.45) is 1.91. The molecule has 0 saturated heterocycles. The zero-order valence-electron chi connectivity index (χ0n) is 11.3. The molecule has 1 aromatic carbocycles. The first-order chi connectivity index (χ1) is 9.46. The second-order valence-corrected chi connectivity index (χ2v) is 4.94. The number of carboxylic acids is 1. The van der Waals surface area contributed by atoms with Crippen molar-refractivity contribution in [3.63, 3.8) is 0 Å². The van der Waals surface area contributed by atoms with Crippen LogP contribution >= 0.6 is 0 Å². The number of carbonyl (C=O) groups excluding carboxylic acids is 1. The molecule has 5 nitrogen and oxygen atoms in total. The number of benzene rings is 1. The molecule has 0 spiro atoms. The van der Waals surface area contributed by atoms with E-state index in [1.807, 2.05) is 0 Å². The van der Waals surface area contributed by atoms with E-state index in [1.165, 1.54) is 26.2 Å². The van der Waals surface area contributed by atoms with Crippen LogP contribution in [0.1, 0.15) is 25.3 Å². The molecule has 6 heteroatoms. The van der Waals surface area contributed by atoms with E-state index < -0.39 is 17.3 Å². The Kier molecular flexibility index (Phi) is 3.65. The lowest BCUT2D eigenvalue weighted by Crippen LogP contribution is -2.51. The fourth-order valence-electron chi connectivity index (χ4n) is 2.40. The van der Waals surface area contributed by atoms with Crippen LogP contribution in [0.2, 0.25) is 0 Å². The van der Waals surface area contributed by atoms with E-state index in [4.69, 9.17) is 4.74 Å². The summed E-state index contributed by atoms with van der Waals surface area (Å²) < 4.78 is 19.3. The minimum Gasteiger partial charge on any atom is -0.496 e. The molecule has 1 N–H and O–H groups in total. The molecule has 1 saturated carbocycles. The van der Waals surface area contributed by atoms with Gasteiger partial charge in [-0.3, -0.25) is 4.79 Å². The maximum atomic E-state index is 14.2. The third-order valence-electron chi connectivity index (χ3n) is 3.67. The summed E-state index contributed by atoms with van der Waals surface area (Å²) in [5, 5.41) is 9.59. The van der Waals surface area contributed by atoms with Crippen LogP contribution in [0.25, 0.3) is 0 Å². The molecule has 1 amide bonds. The van der Waals surface area contributed by atoms with Gasteiger partial charge in [0.2, 0.25) is 6.41 Å². The normalized spacial score (nSPS) is 17.1. The summed E-state index contributed by atoms with van der Waals surface area (Å²) >= 11 is 0. The topological polar surface area (TPSA) is 66.8 Å². The van der Waals surface area contributed by atoms with Gasteiger partial charge >= 0.3 is 5.97 Å². The van der Waals surface area contributed by atoms with Crippen LogP contribution in [-0.4, -0.2) is 35.5 Å². The fraction of sp³-hybridized carbons (Fsp3) is 0.429. The van der Waals surface area contributed by atoms with Crippen molar-refractivity contribution in [3.05, 3.63) is 29.6 Å². The molecule has 0 aromatic heterocycles. The van der Waals surface area contributed by atoms with E-state index in [0.717, 1.165) is 23.8 Å². The van der Waals surface area contributed by atoms with Crippen molar-refractivity contribution < 1.29 is 23.8 Å². The van der Waals surface area contributed by atoms with E-state index in [-0.39, 0.29) is 17.4 Å². The molecule has 1 aliphatic carbocycles. The maximum Gasteiger partial charge on any atom is 0.334 e. The number of halogens is 1. The summed E-state index contributed by atoms with van der Waals surface area (Å²) in [6, 6.07) is 3.91. The summed E-state index contributed by atoms with van der Waals surface area (Å²) in [4.78, 5) is 24.2. The predicted octanol–water partition coefficient (Wildman–Crippen LogP) is 1.75. The quantitative estimate of drug-likeness (QED) is 0.807. The highest BCUT2D eigenvalue weighted by atomic mass is 19.1. The second kappa shape index (κ2) is 5.11. The number of rotatable bonds is 6. The molecule has 2 rings (SSSR count). The van der Waals surface area contributed by atoms with Crippen LogP contribution < -0.4 is 4.74 Å². The second-order valence-electron chi connectivity index (χ2n) is 4.94. The lowest BCUT2D eigenvalue weighted by atomic mass is 9.88. The van der Waals surface area contributed by atoms with Gasteiger partial charge < -0.3 is 14.7 Å². The number of carboxylic acid groups (broad SMARTS) is 1. The number of amides is 1.